The van der Waals surface area contributed by atoms with Gasteiger partial charge in [0.15, 0.2) is 0 Å². The highest BCUT2D eigenvalue weighted by molar-refractivity contribution is 5.59. The van der Waals surface area contributed by atoms with Gasteiger partial charge in [0.25, 0.3) is 0 Å². The zero-order chi connectivity index (χ0) is 14.9. The second-order valence-corrected chi connectivity index (χ2v) is 5.54. The molecule has 5 heteroatoms. The third-order valence-corrected chi connectivity index (χ3v) is 3.91. The summed E-state index contributed by atoms with van der Waals surface area (Å²) in [6.45, 7) is 0.912. The minimum absolute atomic E-state index is 0.152. The zero-order valence-electron chi connectivity index (χ0n) is 11.5. The number of aliphatic hydroxyl groups is 1. The molecule has 1 aromatic carbocycles. The van der Waals surface area contributed by atoms with Crippen molar-refractivity contribution in [2.24, 2.45) is 0 Å². The van der Waals surface area contributed by atoms with E-state index in [1.807, 2.05) is 0 Å². The summed E-state index contributed by atoms with van der Waals surface area (Å²) >= 11 is 0. The molecule has 1 saturated carbocycles. The first-order valence-corrected chi connectivity index (χ1v) is 7.04. The molecule has 0 unspecified atom stereocenters. The summed E-state index contributed by atoms with van der Waals surface area (Å²) in [6, 6.07) is 6.95. The predicted octanol–water partition coefficient (Wildman–Crippen LogP) is 3.23. The molecule has 3 nitrogen and oxygen atoms in total. The van der Waals surface area contributed by atoms with Gasteiger partial charge in [-0.3, -0.25) is 0 Å². The van der Waals surface area contributed by atoms with Gasteiger partial charge in [0.05, 0.1) is 17.7 Å². The van der Waals surface area contributed by atoms with Crippen LogP contribution < -0.4 is 5.32 Å². The van der Waals surface area contributed by atoms with Crippen LogP contribution in [0.25, 0.3) is 11.3 Å². The number of halogens is 2. The number of rotatable bonds is 5. The molecule has 0 atom stereocenters. The molecule has 112 valence electrons. The summed E-state index contributed by atoms with van der Waals surface area (Å²) in [5.41, 5.74) is -0.756. The Morgan fingerprint density at radius 3 is 2.48 bits per heavy atom. The van der Waals surface area contributed by atoms with Crippen molar-refractivity contribution in [3.05, 3.63) is 47.7 Å². The maximum atomic E-state index is 13.7. The van der Waals surface area contributed by atoms with Gasteiger partial charge in [-0.1, -0.05) is 6.07 Å². The standard InChI is InChI=1S/C16H17F2NO2/c17-12-3-1-4-13(18)15(12)14-6-5-11(21-14)9-19-10-16(20)7-2-8-16/h1,3-6,19-20H,2,7-10H2. The molecule has 1 aliphatic carbocycles. The van der Waals surface area contributed by atoms with E-state index in [-0.39, 0.29) is 11.3 Å². The molecule has 1 fully saturated rings. The van der Waals surface area contributed by atoms with E-state index in [1.54, 1.807) is 12.1 Å². The lowest BCUT2D eigenvalue weighted by atomic mass is 9.80. The Labute approximate surface area is 121 Å². The van der Waals surface area contributed by atoms with Crippen LogP contribution in [0.1, 0.15) is 25.0 Å². The second-order valence-electron chi connectivity index (χ2n) is 5.54. The van der Waals surface area contributed by atoms with E-state index in [1.165, 1.54) is 18.2 Å². The van der Waals surface area contributed by atoms with Crippen LogP contribution in [-0.4, -0.2) is 17.3 Å². The number of furan rings is 1. The van der Waals surface area contributed by atoms with E-state index < -0.39 is 17.2 Å². The minimum Gasteiger partial charge on any atom is -0.460 e. The molecule has 21 heavy (non-hydrogen) atoms. The molecule has 0 radical (unpaired) electrons. The van der Waals surface area contributed by atoms with Crippen molar-refractivity contribution >= 4 is 0 Å². The van der Waals surface area contributed by atoms with E-state index in [9.17, 15) is 13.9 Å². The molecule has 0 bridgehead atoms. The highest BCUT2D eigenvalue weighted by atomic mass is 19.1. The Morgan fingerprint density at radius 1 is 1.14 bits per heavy atom. The molecule has 0 amide bonds. The second kappa shape index (κ2) is 5.58. The van der Waals surface area contributed by atoms with Crippen LogP contribution in [0.15, 0.2) is 34.7 Å². The zero-order valence-corrected chi connectivity index (χ0v) is 11.5. The third kappa shape index (κ3) is 2.99. The monoisotopic (exact) mass is 293 g/mol. The summed E-state index contributed by atoms with van der Waals surface area (Å²) in [6.07, 6.45) is 2.67. The number of benzene rings is 1. The lowest BCUT2D eigenvalue weighted by Gasteiger charge is -2.36. The van der Waals surface area contributed by atoms with Crippen LogP contribution in [0.2, 0.25) is 0 Å². The van der Waals surface area contributed by atoms with Gasteiger partial charge in [0.1, 0.15) is 23.2 Å². The Hall–Kier alpha value is -1.72. The fourth-order valence-electron chi connectivity index (χ4n) is 2.52. The first kappa shape index (κ1) is 14.2. The molecule has 0 spiro atoms. The molecule has 2 N–H and O–H groups in total. The first-order valence-electron chi connectivity index (χ1n) is 7.04. The van der Waals surface area contributed by atoms with Gasteiger partial charge in [-0.25, -0.2) is 8.78 Å². The predicted molar refractivity (Wildman–Crippen MR) is 74.6 cm³/mol. The van der Waals surface area contributed by atoms with E-state index in [0.29, 0.717) is 18.8 Å². The van der Waals surface area contributed by atoms with Gasteiger partial charge >= 0.3 is 0 Å². The van der Waals surface area contributed by atoms with Gasteiger partial charge < -0.3 is 14.8 Å². The Morgan fingerprint density at radius 2 is 1.86 bits per heavy atom. The average molecular weight is 293 g/mol. The van der Waals surface area contributed by atoms with Crippen molar-refractivity contribution in [1.82, 2.24) is 5.32 Å². The van der Waals surface area contributed by atoms with Crippen LogP contribution >= 0.6 is 0 Å². The van der Waals surface area contributed by atoms with E-state index in [0.717, 1.165) is 19.3 Å². The summed E-state index contributed by atoms with van der Waals surface area (Å²) < 4.78 is 32.8. The lowest BCUT2D eigenvalue weighted by molar-refractivity contribution is -0.0317. The maximum Gasteiger partial charge on any atom is 0.140 e. The van der Waals surface area contributed by atoms with Gasteiger partial charge in [0, 0.05) is 6.54 Å². The fourth-order valence-corrected chi connectivity index (χ4v) is 2.52. The molecule has 3 rings (SSSR count). The van der Waals surface area contributed by atoms with Crippen LogP contribution in [0.5, 0.6) is 0 Å². The van der Waals surface area contributed by atoms with Crippen LogP contribution in [0.3, 0.4) is 0 Å². The minimum atomic E-state index is -0.646. The van der Waals surface area contributed by atoms with E-state index in [2.05, 4.69) is 5.32 Å². The molecule has 2 aromatic rings. The topological polar surface area (TPSA) is 45.4 Å². The summed E-state index contributed by atoms with van der Waals surface area (Å²) in [4.78, 5) is 0. The lowest BCUT2D eigenvalue weighted by Crippen LogP contribution is -2.45. The first-order chi connectivity index (χ1) is 10.1. The van der Waals surface area contributed by atoms with Crippen molar-refractivity contribution in [3.8, 4) is 11.3 Å². The van der Waals surface area contributed by atoms with Crippen molar-refractivity contribution in [1.29, 1.82) is 0 Å². The summed E-state index contributed by atoms with van der Waals surface area (Å²) in [5.74, 6) is -0.541. The van der Waals surface area contributed by atoms with Gasteiger partial charge in [-0.2, -0.15) is 0 Å². The molecule has 0 saturated heterocycles. The number of hydrogen-bond acceptors (Lipinski definition) is 3. The number of nitrogens with one attached hydrogen (secondary N) is 1. The summed E-state index contributed by atoms with van der Waals surface area (Å²) in [5, 5.41) is 13.1. The SMILES string of the molecule is OC1(CNCc2ccc(-c3c(F)cccc3F)o2)CCC1. The third-order valence-electron chi connectivity index (χ3n) is 3.91. The van der Waals surface area contributed by atoms with Crippen LogP contribution in [0, 0.1) is 11.6 Å². The summed E-state index contributed by atoms with van der Waals surface area (Å²) in [7, 11) is 0. The molecule has 0 aliphatic heterocycles. The van der Waals surface area contributed by atoms with Crippen molar-refractivity contribution in [3.63, 3.8) is 0 Å². The van der Waals surface area contributed by atoms with Gasteiger partial charge in [-0.15, -0.1) is 0 Å². The van der Waals surface area contributed by atoms with Crippen LogP contribution in [-0.2, 0) is 6.54 Å². The molecular formula is C16H17F2NO2. The fraction of sp³-hybridized carbons (Fsp3) is 0.375. The van der Waals surface area contributed by atoms with Crippen molar-refractivity contribution in [2.45, 2.75) is 31.4 Å². The Bertz CT molecular complexity index is 615. The normalized spacial score (nSPS) is 16.7. The van der Waals surface area contributed by atoms with Crippen LogP contribution in [0.4, 0.5) is 8.78 Å². The molecule has 1 aromatic heterocycles. The molecule has 1 heterocycles. The Kier molecular flexibility index (Phi) is 3.78. The van der Waals surface area contributed by atoms with Gasteiger partial charge in [0.2, 0.25) is 0 Å². The highest BCUT2D eigenvalue weighted by Gasteiger charge is 2.33. The highest BCUT2D eigenvalue weighted by Crippen LogP contribution is 2.31. The maximum absolute atomic E-state index is 13.7. The quantitative estimate of drug-likeness (QED) is 0.889. The average Bonchev–Trinajstić information content (AvgIpc) is 2.85. The molecule has 1 aliphatic rings. The van der Waals surface area contributed by atoms with E-state index in [4.69, 9.17) is 4.42 Å². The molecular weight excluding hydrogens is 276 g/mol. The van der Waals surface area contributed by atoms with Crippen molar-refractivity contribution < 1.29 is 18.3 Å². The van der Waals surface area contributed by atoms with E-state index >= 15 is 0 Å². The number of hydrogen-bond donors (Lipinski definition) is 2. The largest absolute Gasteiger partial charge is 0.460 e. The van der Waals surface area contributed by atoms with Gasteiger partial charge in [-0.05, 0) is 43.5 Å². The Balaban J connectivity index is 1.66. The smallest absolute Gasteiger partial charge is 0.140 e. The van der Waals surface area contributed by atoms with Crippen molar-refractivity contribution in [2.75, 3.05) is 6.54 Å².